The van der Waals surface area contributed by atoms with Gasteiger partial charge in [-0.25, -0.2) is 9.69 Å². The molecule has 6 rings (SSSR count). The Labute approximate surface area is 395 Å². The highest BCUT2D eigenvalue weighted by atomic mass is 28.4. The Morgan fingerprint density at radius 3 is 1.36 bits per heavy atom. The molecule has 0 aliphatic rings. The van der Waals surface area contributed by atoms with E-state index in [9.17, 15) is 31.4 Å². The van der Waals surface area contributed by atoms with Crippen molar-refractivity contribution in [2.24, 2.45) is 0 Å². The molecule has 2 heterocycles. The lowest BCUT2D eigenvalue weighted by atomic mass is 10.0. The van der Waals surface area contributed by atoms with Gasteiger partial charge in [-0.15, -0.1) is 20.4 Å². The maximum absolute atomic E-state index is 13.8. The van der Waals surface area contributed by atoms with Gasteiger partial charge in [0.1, 0.15) is 12.1 Å². The van der Waals surface area contributed by atoms with Crippen molar-refractivity contribution in [3.8, 4) is 35.0 Å². The zero-order valence-electron chi connectivity index (χ0n) is 38.8. The lowest BCUT2D eigenvalue weighted by molar-refractivity contribution is -0.138. The van der Waals surface area contributed by atoms with Gasteiger partial charge in [0, 0.05) is 22.5 Å². The van der Waals surface area contributed by atoms with Gasteiger partial charge in [-0.1, -0.05) is 32.9 Å². The molecule has 0 spiro atoms. The Balaban J connectivity index is 0.000000263. The molecule has 6 aromatic rings. The molecular weight excluding hydrogens is 923 g/mol. The van der Waals surface area contributed by atoms with E-state index in [1.54, 1.807) is 48.5 Å². The van der Waals surface area contributed by atoms with Gasteiger partial charge in [-0.3, -0.25) is 0 Å². The van der Waals surface area contributed by atoms with E-state index >= 15 is 0 Å². The van der Waals surface area contributed by atoms with Gasteiger partial charge in [0.15, 0.2) is 19.7 Å². The van der Waals surface area contributed by atoms with Crippen LogP contribution in [0.15, 0.2) is 81.6 Å². The minimum Gasteiger partial charge on any atom is -0.418 e. The molecule has 0 radical (unpaired) electrons. The third kappa shape index (κ3) is 12.1. The molecule has 0 aliphatic heterocycles. The molecule has 69 heavy (non-hydrogen) atoms. The molecule has 0 amide bonds. The number of aromatic nitrogens is 4. The van der Waals surface area contributed by atoms with Crippen molar-refractivity contribution in [3.05, 3.63) is 141 Å². The number of aliphatic hydroxyl groups excluding tert-OH is 1. The summed E-state index contributed by atoms with van der Waals surface area (Å²) in [5.41, 5.74) is -0.986. The monoisotopic (exact) mass is 968 g/mol. The van der Waals surface area contributed by atoms with Crippen molar-refractivity contribution in [1.82, 2.24) is 20.4 Å². The Morgan fingerprint density at radius 1 is 0.652 bits per heavy atom. The van der Waals surface area contributed by atoms with Crippen LogP contribution in [0.25, 0.3) is 32.6 Å². The molecule has 0 bridgehead atoms. The Hall–Kier alpha value is -7.56. The predicted molar refractivity (Wildman–Crippen MR) is 246 cm³/mol. The van der Waals surface area contributed by atoms with Gasteiger partial charge >= 0.3 is 12.4 Å². The fourth-order valence-corrected chi connectivity index (χ4v) is 8.17. The predicted octanol–water partition coefficient (Wildman–Crippen LogP) is 13.1. The molecule has 4 aromatic carbocycles. The first-order chi connectivity index (χ1) is 32.2. The highest BCUT2D eigenvalue weighted by molar-refractivity contribution is 6.74. The zero-order chi connectivity index (χ0) is 51.2. The summed E-state index contributed by atoms with van der Waals surface area (Å²) in [6.07, 6.45) is -11.1. The summed E-state index contributed by atoms with van der Waals surface area (Å²) in [7, 11) is -2.30. The molecule has 0 saturated carbocycles. The van der Waals surface area contributed by atoms with E-state index in [0.717, 1.165) is 12.1 Å². The summed E-state index contributed by atoms with van der Waals surface area (Å²) in [5.74, 6) is 0.434. The van der Waals surface area contributed by atoms with Crippen molar-refractivity contribution in [3.63, 3.8) is 0 Å². The van der Waals surface area contributed by atoms with Crippen LogP contribution < -0.4 is 10.6 Å². The summed E-state index contributed by atoms with van der Waals surface area (Å²) in [4.78, 5) is 6.01. The van der Waals surface area contributed by atoms with Gasteiger partial charge in [-0.2, -0.15) is 36.9 Å². The summed E-state index contributed by atoms with van der Waals surface area (Å²) in [6, 6.07) is 20.2. The first kappa shape index (κ1) is 52.4. The van der Waals surface area contributed by atoms with Crippen LogP contribution in [0, 0.1) is 49.7 Å². The van der Waals surface area contributed by atoms with Gasteiger partial charge in [-0.05, 0) is 118 Å². The molecular formula is C48H46F6N10O4Si. The van der Waals surface area contributed by atoms with Crippen molar-refractivity contribution in [2.45, 2.75) is 103 Å². The number of nitrogens with one attached hydrogen (secondary N) is 2. The molecule has 21 heteroatoms. The SMILES string of the molecule is [C-]#[N+]c1ccc(N[C@@H](c2nnc(-c3ccc(C#N)cc3)o2)[C@H](C)O)c(C)c1C(F)(F)F.[C-]#[N+]c1ccc(N[C@@H](c2nnc(-c3ccc(C#N)cc3)o2)[C@H](C)O[Si](C)(C)C(C)(C)C)c(C)c1C(F)(F)F. The molecule has 0 saturated heterocycles. The van der Waals surface area contributed by atoms with Crippen LogP contribution in [0.3, 0.4) is 0 Å². The lowest BCUT2D eigenvalue weighted by Gasteiger charge is -2.40. The summed E-state index contributed by atoms with van der Waals surface area (Å²) in [5, 5.41) is 50.1. The molecule has 0 aliphatic carbocycles. The number of anilines is 2. The zero-order valence-corrected chi connectivity index (χ0v) is 39.8. The van der Waals surface area contributed by atoms with E-state index in [1.165, 1.54) is 32.9 Å². The van der Waals surface area contributed by atoms with E-state index in [0.29, 0.717) is 22.3 Å². The average molecular weight is 969 g/mol. The maximum atomic E-state index is 13.8. The summed E-state index contributed by atoms with van der Waals surface area (Å²) < 4.78 is 100. The van der Waals surface area contributed by atoms with Crippen LogP contribution in [-0.2, 0) is 16.8 Å². The van der Waals surface area contributed by atoms with E-state index in [-0.39, 0.29) is 51.1 Å². The van der Waals surface area contributed by atoms with Crippen LogP contribution in [-0.4, -0.2) is 46.0 Å². The number of benzene rings is 4. The Kier molecular flexibility index (Phi) is 15.8. The van der Waals surface area contributed by atoms with Crippen molar-refractivity contribution in [2.75, 3.05) is 10.6 Å². The normalized spacial score (nSPS) is 13.6. The van der Waals surface area contributed by atoms with Crippen LogP contribution in [0.5, 0.6) is 0 Å². The molecule has 4 atom stereocenters. The van der Waals surface area contributed by atoms with Gasteiger partial charge in [0.25, 0.3) is 0 Å². The number of hydrogen-bond acceptors (Lipinski definition) is 12. The Bertz CT molecular complexity index is 2950. The molecule has 0 unspecified atom stereocenters. The van der Waals surface area contributed by atoms with E-state index in [1.807, 2.05) is 19.1 Å². The third-order valence-corrected chi connectivity index (χ3v) is 16.1. The molecule has 358 valence electrons. The summed E-state index contributed by atoms with van der Waals surface area (Å²) >= 11 is 0. The molecule has 0 fully saturated rings. The fourth-order valence-electron chi connectivity index (χ4n) is 6.75. The fraction of sp³-hybridized carbons (Fsp3) is 0.333. The van der Waals surface area contributed by atoms with Crippen molar-refractivity contribution < 1.29 is 44.7 Å². The standard InChI is InChI=1S/C27H30F3N5O2Si.C21H16F3N5O2/c1-16-20(13-14-21(32-6)22(16)27(28,29)30)33-23(17(2)37-38(7,8)26(3,4)5)25-35-34-24(36-25)19-11-9-18(15-31)10-12-19;1-11-15(8-9-16(26-3)17(11)21(22,23)24)27-18(12(2)30)20-29-28-19(31-20)14-6-4-13(10-25)5-7-14/h9-14,17,23,33H,1-5,7-8H3;4-9,12,18,27,30H,1-2H3/t17-,23+;12-,18+/m00/s1. The maximum Gasteiger partial charge on any atom is 0.407 e. The van der Waals surface area contributed by atoms with E-state index < -0.39 is 67.5 Å². The van der Waals surface area contributed by atoms with Crippen LogP contribution >= 0.6 is 0 Å². The highest BCUT2D eigenvalue weighted by Crippen LogP contribution is 2.45. The number of rotatable bonds is 12. The summed E-state index contributed by atoms with van der Waals surface area (Å²) in [6.45, 7) is 30.4. The molecule has 3 N–H and O–H groups in total. The third-order valence-electron chi connectivity index (χ3n) is 11.5. The van der Waals surface area contributed by atoms with Gasteiger partial charge in [0.2, 0.25) is 23.6 Å². The van der Waals surface area contributed by atoms with E-state index in [2.05, 4.69) is 74.6 Å². The first-order valence-corrected chi connectivity index (χ1v) is 23.9. The van der Waals surface area contributed by atoms with Crippen molar-refractivity contribution >= 4 is 31.1 Å². The second-order valence-electron chi connectivity index (χ2n) is 17.3. The van der Waals surface area contributed by atoms with Gasteiger partial charge < -0.3 is 29.0 Å². The topological polar surface area (TPSA) is 188 Å². The largest absolute Gasteiger partial charge is 0.418 e. The number of nitriles is 2. The second-order valence-corrected chi connectivity index (χ2v) is 22.1. The van der Waals surface area contributed by atoms with Gasteiger partial charge in [0.05, 0.1) is 59.7 Å². The first-order valence-electron chi connectivity index (χ1n) is 21.0. The highest BCUT2D eigenvalue weighted by Gasteiger charge is 2.42. The number of hydrogen-bond donors (Lipinski definition) is 3. The minimum absolute atomic E-state index is 0.0310. The number of alkyl halides is 6. The molecule has 2 aromatic heterocycles. The van der Waals surface area contributed by atoms with Crippen LogP contribution in [0.2, 0.25) is 18.1 Å². The van der Waals surface area contributed by atoms with Crippen LogP contribution in [0.4, 0.5) is 49.1 Å². The molecule has 14 nitrogen and oxygen atoms in total. The lowest BCUT2D eigenvalue weighted by Crippen LogP contribution is -2.45. The van der Waals surface area contributed by atoms with Crippen LogP contribution in [0.1, 0.15) is 91.9 Å². The smallest absolute Gasteiger partial charge is 0.407 e. The quantitative estimate of drug-likeness (QED) is 0.0599. The number of nitrogens with zero attached hydrogens (tertiary/aromatic N) is 8. The van der Waals surface area contributed by atoms with E-state index in [4.69, 9.17) is 36.9 Å². The average Bonchev–Trinajstić information content (AvgIpc) is 3.98. The number of aliphatic hydroxyl groups is 1. The Morgan fingerprint density at radius 2 is 1.03 bits per heavy atom. The number of halogens is 6. The minimum atomic E-state index is -4.71. The second kappa shape index (κ2) is 20.8. The van der Waals surface area contributed by atoms with Crippen molar-refractivity contribution in [1.29, 1.82) is 10.5 Å².